The maximum absolute atomic E-state index is 15.0. The Morgan fingerprint density at radius 2 is 1.75 bits per heavy atom. The predicted octanol–water partition coefficient (Wildman–Crippen LogP) is 2.93. The SMILES string of the molecule is COC[C@@H]1NC(=O)CC/C=C\CN(c2c(C)cccc2C)C(=O)[C@H]2N([C@H](C)CO)C(=O)[C@@H]3[C@@H](C(=O)O[C@H]1c1ccccc1)[C@H]1C=C[C@]32O1. The molecule has 11 heteroatoms. The quantitative estimate of drug-likeness (QED) is 0.358. The second kappa shape index (κ2) is 13.7. The Morgan fingerprint density at radius 1 is 1.02 bits per heavy atom. The largest absolute Gasteiger partial charge is 0.455 e. The summed E-state index contributed by atoms with van der Waals surface area (Å²) < 4.78 is 18.3. The lowest BCUT2D eigenvalue weighted by Gasteiger charge is -2.38. The molecule has 8 atom stereocenters. The van der Waals surface area contributed by atoms with Crippen LogP contribution in [0.15, 0.2) is 72.8 Å². The van der Waals surface area contributed by atoms with Crippen LogP contribution in [0.2, 0.25) is 0 Å². The van der Waals surface area contributed by atoms with E-state index < -0.39 is 72.2 Å². The van der Waals surface area contributed by atoms with Gasteiger partial charge in [-0.25, -0.2) is 0 Å². The average molecular weight is 658 g/mol. The van der Waals surface area contributed by atoms with E-state index in [9.17, 15) is 24.3 Å². The van der Waals surface area contributed by atoms with Gasteiger partial charge in [-0.05, 0) is 43.9 Å². The van der Waals surface area contributed by atoms with Crippen molar-refractivity contribution >= 4 is 29.4 Å². The molecule has 2 saturated heterocycles. The van der Waals surface area contributed by atoms with Gasteiger partial charge in [0.2, 0.25) is 11.8 Å². The minimum absolute atomic E-state index is 0.0638. The number of ether oxygens (including phenoxy) is 3. The number of aliphatic hydroxyl groups is 1. The number of likely N-dealkylation sites (tertiary alicyclic amines) is 1. The van der Waals surface area contributed by atoms with Crippen molar-refractivity contribution in [1.82, 2.24) is 10.2 Å². The molecule has 0 aromatic heterocycles. The predicted molar refractivity (Wildman–Crippen MR) is 177 cm³/mol. The number of benzene rings is 2. The van der Waals surface area contributed by atoms with E-state index >= 15 is 0 Å². The van der Waals surface area contributed by atoms with E-state index in [4.69, 9.17) is 14.2 Å². The summed E-state index contributed by atoms with van der Waals surface area (Å²) in [6, 6.07) is 12.2. The number of hydrogen-bond acceptors (Lipinski definition) is 8. The molecule has 2 aromatic carbocycles. The monoisotopic (exact) mass is 657 g/mol. The molecule has 5 bridgehead atoms. The molecule has 48 heavy (non-hydrogen) atoms. The number of amides is 3. The normalized spacial score (nSPS) is 31.9. The van der Waals surface area contributed by atoms with Crippen molar-refractivity contribution in [1.29, 1.82) is 0 Å². The van der Waals surface area contributed by atoms with E-state index in [0.717, 1.165) is 11.1 Å². The van der Waals surface area contributed by atoms with E-state index in [1.807, 2.05) is 62.4 Å². The summed E-state index contributed by atoms with van der Waals surface area (Å²) in [6.07, 6.45) is 5.98. The number of methoxy groups -OCH3 is 1. The molecule has 4 aliphatic rings. The molecule has 3 amide bonds. The van der Waals surface area contributed by atoms with E-state index in [-0.39, 0.29) is 25.5 Å². The van der Waals surface area contributed by atoms with Gasteiger partial charge in [0.05, 0.1) is 37.3 Å². The van der Waals surface area contributed by atoms with Crippen LogP contribution in [0.1, 0.15) is 42.6 Å². The molecule has 4 aliphatic heterocycles. The van der Waals surface area contributed by atoms with Crippen LogP contribution in [0, 0.1) is 25.7 Å². The third kappa shape index (κ3) is 5.73. The van der Waals surface area contributed by atoms with Crippen LogP contribution in [0.3, 0.4) is 0 Å². The highest BCUT2D eigenvalue weighted by molar-refractivity contribution is 6.06. The van der Waals surface area contributed by atoms with Crippen molar-refractivity contribution < 1.29 is 38.5 Å². The molecule has 11 nitrogen and oxygen atoms in total. The average Bonchev–Trinajstić information content (AvgIpc) is 3.72. The number of hydrogen-bond donors (Lipinski definition) is 2. The van der Waals surface area contributed by atoms with Crippen molar-refractivity contribution in [3.63, 3.8) is 0 Å². The van der Waals surface area contributed by atoms with Gasteiger partial charge < -0.3 is 34.4 Å². The van der Waals surface area contributed by atoms with Gasteiger partial charge >= 0.3 is 5.97 Å². The standard InChI is InChI=1S/C37H43N3O8/c1-22-12-11-13-23(2)31(22)39-19-10-6-9-16-28(42)38-26(21-46-4)32(25-14-7-5-8-15-25)47-36(45)29-27-17-18-37(48-27)30(29)34(43)40(24(3)20-41)33(37)35(39)44/h5-8,10-15,17-18,24,26-27,29-30,32-33,41H,9,16,19-21H2,1-4H3,(H,38,42)/b10-6-/t24-,26+,27-,29+,30+,32+,33-,37+/m1/s1. The summed E-state index contributed by atoms with van der Waals surface area (Å²) in [5.41, 5.74) is 1.62. The van der Waals surface area contributed by atoms with E-state index in [0.29, 0.717) is 17.7 Å². The Kier molecular flexibility index (Phi) is 9.55. The van der Waals surface area contributed by atoms with Crippen LogP contribution >= 0.6 is 0 Å². The number of aryl methyl sites for hydroxylation is 2. The summed E-state index contributed by atoms with van der Waals surface area (Å²) in [7, 11) is 1.51. The summed E-state index contributed by atoms with van der Waals surface area (Å²) in [4.78, 5) is 60.1. The van der Waals surface area contributed by atoms with Crippen LogP contribution in [-0.4, -0.2) is 90.4 Å². The van der Waals surface area contributed by atoms with E-state index in [1.54, 1.807) is 36.1 Å². The number of aliphatic hydroxyl groups excluding tert-OH is 1. The molecular formula is C37H43N3O8. The van der Waals surface area contributed by atoms with Gasteiger partial charge in [-0.3, -0.25) is 19.2 Å². The Bertz CT molecular complexity index is 1610. The van der Waals surface area contributed by atoms with Crippen LogP contribution in [0.25, 0.3) is 0 Å². The minimum atomic E-state index is -1.46. The van der Waals surface area contributed by atoms with Crippen molar-refractivity contribution in [3.05, 3.63) is 89.5 Å². The van der Waals surface area contributed by atoms with Crippen molar-refractivity contribution in [2.24, 2.45) is 11.8 Å². The van der Waals surface area contributed by atoms with Gasteiger partial charge in [-0.2, -0.15) is 0 Å². The molecular weight excluding hydrogens is 614 g/mol. The molecule has 0 saturated carbocycles. The van der Waals surface area contributed by atoms with E-state index in [1.165, 1.54) is 12.0 Å². The highest BCUT2D eigenvalue weighted by atomic mass is 16.6. The lowest BCUT2D eigenvalue weighted by molar-refractivity contribution is -0.162. The van der Waals surface area contributed by atoms with Crippen molar-refractivity contribution in [2.75, 3.05) is 31.8 Å². The van der Waals surface area contributed by atoms with Gasteiger partial charge in [-0.15, -0.1) is 0 Å². The Balaban J connectivity index is 1.48. The smallest absolute Gasteiger partial charge is 0.313 e. The molecule has 0 aliphatic carbocycles. The first kappa shape index (κ1) is 33.6. The Labute approximate surface area is 280 Å². The minimum Gasteiger partial charge on any atom is -0.455 e. The third-order valence-corrected chi connectivity index (χ3v) is 9.95. The number of para-hydroxylation sites is 1. The zero-order valence-electron chi connectivity index (χ0n) is 27.7. The molecule has 2 N–H and O–H groups in total. The first-order chi connectivity index (χ1) is 23.1. The molecule has 1 spiro atoms. The molecule has 2 aromatic rings. The fourth-order valence-electron chi connectivity index (χ4n) is 7.79. The summed E-state index contributed by atoms with van der Waals surface area (Å²) >= 11 is 0. The van der Waals surface area contributed by atoms with Crippen LogP contribution < -0.4 is 10.2 Å². The van der Waals surface area contributed by atoms with Crippen LogP contribution in [0.4, 0.5) is 5.69 Å². The first-order valence-corrected chi connectivity index (χ1v) is 16.5. The van der Waals surface area contributed by atoms with Crippen LogP contribution in [-0.2, 0) is 33.4 Å². The van der Waals surface area contributed by atoms with Gasteiger partial charge in [0.15, 0.2) is 0 Å². The Hall–Kier alpha value is -4.32. The third-order valence-electron chi connectivity index (χ3n) is 9.95. The number of rotatable bonds is 6. The number of anilines is 1. The first-order valence-electron chi connectivity index (χ1n) is 16.5. The number of fused-ring (bicyclic) bond motifs is 2. The molecule has 254 valence electrons. The van der Waals surface area contributed by atoms with Crippen LogP contribution in [0.5, 0.6) is 0 Å². The lowest BCUT2D eigenvalue weighted by Crippen LogP contribution is -2.58. The highest BCUT2D eigenvalue weighted by Crippen LogP contribution is 2.56. The number of carbonyl (C=O) groups excluding carboxylic acids is 4. The Morgan fingerprint density at radius 3 is 2.44 bits per heavy atom. The summed E-state index contributed by atoms with van der Waals surface area (Å²) in [5, 5.41) is 13.3. The number of carbonyl (C=O) groups is 4. The topological polar surface area (TPSA) is 135 Å². The van der Waals surface area contributed by atoms with Gasteiger partial charge in [0.1, 0.15) is 23.7 Å². The van der Waals surface area contributed by atoms with Gasteiger partial charge in [0.25, 0.3) is 5.91 Å². The maximum Gasteiger partial charge on any atom is 0.313 e. The number of nitrogens with one attached hydrogen (secondary N) is 1. The number of cyclic esters (lactones) is 1. The number of esters is 1. The van der Waals surface area contributed by atoms with Gasteiger partial charge in [-0.1, -0.05) is 72.8 Å². The second-order valence-electron chi connectivity index (χ2n) is 13.1. The fourth-order valence-corrected chi connectivity index (χ4v) is 7.79. The molecule has 0 unspecified atom stereocenters. The van der Waals surface area contributed by atoms with E-state index in [2.05, 4.69) is 5.32 Å². The zero-order chi connectivity index (χ0) is 34.2. The van der Waals surface area contributed by atoms with Gasteiger partial charge in [0, 0.05) is 25.8 Å². The molecule has 0 radical (unpaired) electrons. The summed E-state index contributed by atoms with van der Waals surface area (Å²) in [6.45, 7) is 5.36. The van der Waals surface area contributed by atoms with Crippen molar-refractivity contribution in [2.45, 2.75) is 69.5 Å². The molecule has 6 rings (SSSR count). The molecule has 2 fully saturated rings. The summed E-state index contributed by atoms with van der Waals surface area (Å²) in [5.74, 6) is -3.92. The second-order valence-corrected chi connectivity index (χ2v) is 13.1. The maximum atomic E-state index is 15.0. The van der Waals surface area contributed by atoms with Crippen molar-refractivity contribution in [3.8, 4) is 0 Å². The molecule has 4 heterocycles. The number of allylic oxidation sites excluding steroid dienone is 1. The highest BCUT2D eigenvalue weighted by Gasteiger charge is 2.74. The fraction of sp³-hybridized carbons (Fsp3) is 0.459. The lowest BCUT2D eigenvalue weighted by atomic mass is 9.74. The zero-order valence-corrected chi connectivity index (χ0v) is 27.7. The number of nitrogens with zero attached hydrogens (tertiary/aromatic N) is 2.